The molecule has 1 unspecified atom stereocenters. The Balaban J connectivity index is 1.76. The number of fused-ring (bicyclic) bond motifs is 1. The Kier molecular flexibility index (Phi) is 4.52. The third-order valence-electron chi connectivity index (χ3n) is 4.23. The second-order valence-corrected chi connectivity index (χ2v) is 6.10. The van der Waals surface area contributed by atoms with Crippen LogP contribution in [0.15, 0.2) is 91.0 Å². The smallest absolute Gasteiger partial charge is 0.172 e. The molecule has 4 nitrogen and oxygen atoms in total. The van der Waals surface area contributed by atoms with Crippen LogP contribution in [0.5, 0.6) is 0 Å². The van der Waals surface area contributed by atoms with Crippen LogP contribution in [0.4, 0.5) is 0 Å². The van der Waals surface area contributed by atoms with E-state index in [0.717, 1.165) is 16.6 Å². The van der Waals surface area contributed by atoms with E-state index in [9.17, 15) is 5.11 Å². The Labute approximate surface area is 157 Å². The molecule has 0 fully saturated rings. The number of hydrogen-bond donors (Lipinski definition) is 1. The second-order valence-electron chi connectivity index (χ2n) is 6.10. The zero-order chi connectivity index (χ0) is 18.5. The Bertz CT molecular complexity index is 1140. The highest BCUT2D eigenvalue weighted by Crippen LogP contribution is 2.23. The minimum absolute atomic E-state index is 0.689. The first-order valence-electron chi connectivity index (χ1n) is 8.60. The number of rotatable bonds is 3. The first-order valence-corrected chi connectivity index (χ1v) is 8.60. The summed E-state index contributed by atoms with van der Waals surface area (Å²) in [5.74, 6) is 2.96. The van der Waals surface area contributed by atoms with Gasteiger partial charge in [0.1, 0.15) is 11.0 Å². The van der Waals surface area contributed by atoms with E-state index in [1.807, 2.05) is 91.0 Å². The molecule has 0 aliphatic rings. The van der Waals surface area contributed by atoms with Crippen LogP contribution in [-0.4, -0.2) is 20.1 Å². The van der Waals surface area contributed by atoms with Gasteiger partial charge in [-0.1, -0.05) is 84.1 Å². The van der Waals surface area contributed by atoms with Crippen molar-refractivity contribution in [2.75, 3.05) is 0 Å². The summed E-state index contributed by atoms with van der Waals surface area (Å²) in [5, 5.41) is 19.5. The lowest BCUT2D eigenvalue weighted by molar-refractivity contribution is 0.155. The quantitative estimate of drug-likeness (QED) is 0.571. The van der Waals surface area contributed by atoms with E-state index in [2.05, 4.69) is 22.3 Å². The molecule has 27 heavy (non-hydrogen) atoms. The molecule has 1 aromatic heterocycles. The largest absolute Gasteiger partial charge is 0.370 e. The summed E-state index contributed by atoms with van der Waals surface area (Å²) in [6.07, 6.45) is 3.56. The van der Waals surface area contributed by atoms with Gasteiger partial charge in [0.05, 0.1) is 0 Å². The minimum atomic E-state index is -1.45. The molecule has 0 saturated carbocycles. The number of aliphatic hydroxyl groups is 1. The monoisotopic (exact) mass is 351 g/mol. The van der Waals surface area contributed by atoms with Gasteiger partial charge in [0.25, 0.3) is 0 Å². The fourth-order valence-corrected chi connectivity index (χ4v) is 2.77. The van der Waals surface area contributed by atoms with Crippen molar-refractivity contribution in [2.24, 2.45) is 0 Å². The molecule has 3 aromatic carbocycles. The maximum absolute atomic E-state index is 11.3. The molecular weight excluding hydrogens is 334 g/mol. The SMILES string of the molecule is OC(C#Cn1nnc2ccccc21)(/C=C/c1ccccc1)c1ccccc1. The number of benzene rings is 3. The summed E-state index contributed by atoms with van der Waals surface area (Å²) >= 11 is 0. The van der Waals surface area contributed by atoms with Gasteiger partial charge in [0.15, 0.2) is 5.60 Å². The molecule has 4 rings (SSSR count). The Morgan fingerprint density at radius 3 is 2.30 bits per heavy atom. The number of para-hydroxylation sites is 1. The first-order chi connectivity index (χ1) is 13.2. The standard InChI is InChI=1S/C23H17N3O/c27-23(20-11-5-2-6-12-20,16-15-19-9-3-1-4-10-19)17-18-26-22-14-8-7-13-21(22)24-25-26/h1-16,27H/b16-15+. The molecule has 0 spiro atoms. The highest BCUT2D eigenvalue weighted by atomic mass is 16.3. The molecule has 0 saturated heterocycles. The van der Waals surface area contributed by atoms with Gasteiger partial charge in [-0.05, 0) is 35.3 Å². The van der Waals surface area contributed by atoms with Crippen molar-refractivity contribution in [3.63, 3.8) is 0 Å². The first kappa shape index (κ1) is 16.8. The zero-order valence-corrected chi connectivity index (χ0v) is 14.5. The van der Waals surface area contributed by atoms with Crippen LogP contribution >= 0.6 is 0 Å². The molecule has 0 aliphatic carbocycles. The predicted octanol–water partition coefficient (Wildman–Crippen LogP) is 3.84. The van der Waals surface area contributed by atoms with E-state index in [0.29, 0.717) is 5.56 Å². The van der Waals surface area contributed by atoms with Crippen molar-refractivity contribution in [3.8, 4) is 12.0 Å². The van der Waals surface area contributed by atoms with Crippen LogP contribution in [0.1, 0.15) is 11.1 Å². The molecular formula is C23H17N3O. The molecule has 1 heterocycles. The maximum Gasteiger partial charge on any atom is 0.172 e. The van der Waals surface area contributed by atoms with Crippen LogP contribution in [0, 0.1) is 12.0 Å². The van der Waals surface area contributed by atoms with Crippen LogP contribution < -0.4 is 0 Å². The predicted molar refractivity (Wildman–Crippen MR) is 107 cm³/mol. The lowest BCUT2D eigenvalue weighted by Crippen LogP contribution is -2.20. The lowest BCUT2D eigenvalue weighted by atomic mass is 9.93. The van der Waals surface area contributed by atoms with Crippen LogP contribution in [0.3, 0.4) is 0 Å². The molecule has 4 heteroatoms. The zero-order valence-electron chi connectivity index (χ0n) is 14.5. The van der Waals surface area contributed by atoms with Crippen molar-refractivity contribution in [1.29, 1.82) is 0 Å². The molecule has 0 bridgehead atoms. The fraction of sp³-hybridized carbons (Fsp3) is 0.0435. The van der Waals surface area contributed by atoms with Crippen LogP contribution in [-0.2, 0) is 5.60 Å². The average molecular weight is 351 g/mol. The molecule has 1 N–H and O–H groups in total. The highest BCUT2D eigenvalue weighted by Gasteiger charge is 2.23. The number of nitrogens with zero attached hydrogens (tertiary/aromatic N) is 3. The lowest BCUT2D eigenvalue weighted by Gasteiger charge is -2.18. The maximum atomic E-state index is 11.3. The van der Waals surface area contributed by atoms with E-state index in [-0.39, 0.29) is 0 Å². The number of aromatic nitrogens is 3. The van der Waals surface area contributed by atoms with Crippen molar-refractivity contribution in [2.45, 2.75) is 5.60 Å². The van der Waals surface area contributed by atoms with Gasteiger partial charge in [0.2, 0.25) is 0 Å². The van der Waals surface area contributed by atoms with E-state index >= 15 is 0 Å². The van der Waals surface area contributed by atoms with E-state index in [1.165, 1.54) is 4.68 Å². The van der Waals surface area contributed by atoms with Gasteiger partial charge in [0, 0.05) is 6.04 Å². The minimum Gasteiger partial charge on any atom is -0.370 e. The summed E-state index contributed by atoms with van der Waals surface area (Å²) in [6.45, 7) is 0. The summed E-state index contributed by atoms with van der Waals surface area (Å²) in [4.78, 5) is 0. The highest BCUT2D eigenvalue weighted by molar-refractivity contribution is 5.74. The summed E-state index contributed by atoms with van der Waals surface area (Å²) < 4.78 is 1.49. The summed E-state index contributed by atoms with van der Waals surface area (Å²) in [7, 11) is 0. The van der Waals surface area contributed by atoms with Gasteiger partial charge in [-0.3, -0.25) is 0 Å². The van der Waals surface area contributed by atoms with Crippen molar-refractivity contribution < 1.29 is 5.11 Å². The van der Waals surface area contributed by atoms with Crippen molar-refractivity contribution >= 4 is 17.1 Å². The van der Waals surface area contributed by atoms with Crippen LogP contribution in [0.25, 0.3) is 17.1 Å². The van der Waals surface area contributed by atoms with Gasteiger partial charge < -0.3 is 5.11 Å². The summed E-state index contributed by atoms with van der Waals surface area (Å²) in [5.41, 5.74) is 1.78. The van der Waals surface area contributed by atoms with E-state index < -0.39 is 5.60 Å². The second kappa shape index (κ2) is 7.28. The topological polar surface area (TPSA) is 50.9 Å². The third-order valence-corrected chi connectivity index (χ3v) is 4.23. The molecule has 0 aliphatic heterocycles. The molecule has 130 valence electrons. The normalized spacial score (nSPS) is 13.2. The van der Waals surface area contributed by atoms with E-state index in [4.69, 9.17) is 0 Å². The third kappa shape index (κ3) is 3.64. The molecule has 0 radical (unpaired) electrons. The van der Waals surface area contributed by atoms with Gasteiger partial charge in [-0.2, -0.15) is 4.68 Å². The molecule has 4 aromatic rings. The fourth-order valence-electron chi connectivity index (χ4n) is 2.77. The summed E-state index contributed by atoms with van der Waals surface area (Å²) in [6, 6.07) is 29.7. The molecule has 1 atom stereocenters. The van der Waals surface area contributed by atoms with E-state index in [1.54, 1.807) is 6.08 Å². The average Bonchev–Trinajstić information content (AvgIpc) is 3.15. The van der Waals surface area contributed by atoms with Crippen LogP contribution in [0.2, 0.25) is 0 Å². The van der Waals surface area contributed by atoms with Crippen molar-refractivity contribution in [3.05, 3.63) is 102 Å². The van der Waals surface area contributed by atoms with Gasteiger partial charge >= 0.3 is 0 Å². The Morgan fingerprint density at radius 1 is 0.852 bits per heavy atom. The Hall–Kier alpha value is -3.68. The van der Waals surface area contributed by atoms with Gasteiger partial charge in [-0.25, -0.2) is 0 Å². The Morgan fingerprint density at radius 2 is 1.52 bits per heavy atom. The molecule has 0 amide bonds. The van der Waals surface area contributed by atoms with Crippen molar-refractivity contribution in [1.82, 2.24) is 15.0 Å². The number of hydrogen-bond acceptors (Lipinski definition) is 3. The van der Waals surface area contributed by atoms with Gasteiger partial charge in [-0.15, -0.1) is 5.10 Å².